The van der Waals surface area contributed by atoms with Crippen LogP contribution in [-0.2, 0) is 11.2 Å². The van der Waals surface area contributed by atoms with E-state index < -0.39 is 18.4 Å². The van der Waals surface area contributed by atoms with Crippen LogP contribution in [0.2, 0.25) is 0 Å². The van der Waals surface area contributed by atoms with Gasteiger partial charge in [0.15, 0.2) is 6.23 Å². The third-order valence-corrected chi connectivity index (χ3v) is 7.63. The van der Waals surface area contributed by atoms with Crippen LogP contribution in [0.15, 0.2) is 18.5 Å². The minimum absolute atomic E-state index is 0.0298. The molecule has 1 atom stereocenters. The number of halogens is 4. The molecule has 0 bridgehead atoms. The van der Waals surface area contributed by atoms with Gasteiger partial charge in [0.2, 0.25) is 0 Å². The van der Waals surface area contributed by atoms with Crippen LogP contribution in [0.4, 0.5) is 23.4 Å². The maximum Gasteiger partial charge on any atom is 0.389 e. The Balaban J connectivity index is 1.66. The van der Waals surface area contributed by atoms with Crippen molar-refractivity contribution in [2.24, 2.45) is 0 Å². The lowest BCUT2D eigenvalue weighted by atomic mass is 10.0. The Kier molecular flexibility index (Phi) is 5.83. The monoisotopic (exact) mass is 526 g/mol. The first-order chi connectivity index (χ1) is 18.2. The molecule has 2 N–H and O–H groups in total. The third kappa shape index (κ3) is 3.98. The van der Waals surface area contributed by atoms with Crippen molar-refractivity contribution in [3.05, 3.63) is 46.7 Å². The van der Waals surface area contributed by atoms with Gasteiger partial charge in [0.25, 0.3) is 0 Å². The molecule has 0 radical (unpaired) electrons. The van der Waals surface area contributed by atoms with Crippen molar-refractivity contribution >= 4 is 27.6 Å². The summed E-state index contributed by atoms with van der Waals surface area (Å²) in [5, 5.41) is 15.4. The molecule has 2 aliphatic rings. The van der Waals surface area contributed by atoms with Crippen LogP contribution in [-0.4, -0.2) is 32.1 Å². The predicted molar refractivity (Wildman–Crippen MR) is 133 cm³/mol. The number of nitriles is 1. The summed E-state index contributed by atoms with van der Waals surface area (Å²) in [5.74, 6) is -0.433. The minimum Gasteiger partial charge on any atom is -0.384 e. The highest BCUT2D eigenvalue weighted by Gasteiger charge is 2.34. The summed E-state index contributed by atoms with van der Waals surface area (Å²) in [6.07, 6.45) is 1.30. The van der Waals surface area contributed by atoms with Gasteiger partial charge in [-0.3, -0.25) is 9.55 Å². The van der Waals surface area contributed by atoms with Crippen LogP contribution in [0.25, 0.3) is 27.5 Å². The molecule has 4 heterocycles. The second-order valence-electron chi connectivity index (χ2n) is 10.2. The average molecular weight is 527 g/mol. The maximum absolute atomic E-state index is 15.5. The first-order valence-electron chi connectivity index (χ1n) is 12.8. The van der Waals surface area contributed by atoms with E-state index in [1.807, 2.05) is 0 Å². The summed E-state index contributed by atoms with van der Waals surface area (Å²) >= 11 is 0. The molecule has 7 nitrogen and oxygen atoms in total. The van der Waals surface area contributed by atoms with Gasteiger partial charge in [0.05, 0.1) is 22.9 Å². The SMILES string of the molecule is Cc1c(F)cc2c(cnn2C2CCCCO2)c1-n1c(N)c(C#N)c2cnc(C3CC3)c(CCC(F)(F)F)c21. The molecule has 1 unspecified atom stereocenters. The zero-order valence-electron chi connectivity index (χ0n) is 20.8. The minimum atomic E-state index is -4.38. The summed E-state index contributed by atoms with van der Waals surface area (Å²) in [4.78, 5) is 4.50. The van der Waals surface area contributed by atoms with E-state index >= 15 is 4.39 Å². The highest BCUT2D eigenvalue weighted by Crippen LogP contribution is 2.46. The number of hydrogen-bond donors (Lipinski definition) is 1. The predicted octanol–water partition coefficient (Wildman–Crippen LogP) is 6.35. The summed E-state index contributed by atoms with van der Waals surface area (Å²) < 4.78 is 64.8. The van der Waals surface area contributed by atoms with E-state index in [4.69, 9.17) is 10.5 Å². The van der Waals surface area contributed by atoms with Crippen LogP contribution >= 0.6 is 0 Å². The summed E-state index contributed by atoms with van der Waals surface area (Å²) in [6.45, 7) is 2.17. The Labute approximate surface area is 215 Å². The molecule has 1 aromatic carbocycles. The standard InChI is InChI=1S/C27H26F4N6O/c1-14-20(28)10-21-19(13-35-37(21)22-4-2-3-9-38-22)24(14)36-25-16(7-8-27(29,30)31)23(15-5-6-15)34-12-18(25)17(11-32)26(36)33/h10,12-13,15,22H,2-9,33H2,1H3. The highest BCUT2D eigenvalue weighted by molar-refractivity contribution is 5.99. The maximum atomic E-state index is 15.5. The number of aryl methyl sites for hydroxylation is 1. The Morgan fingerprint density at radius 1 is 1.18 bits per heavy atom. The lowest BCUT2D eigenvalue weighted by Gasteiger charge is -2.24. The van der Waals surface area contributed by atoms with Gasteiger partial charge in [-0.1, -0.05) is 0 Å². The van der Waals surface area contributed by atoms with Crippen molar-refractivity contribution in [2.75, 3.05) is 12.3 Å². The van der Waals surface area contributed by atoms with Gasteiger partial charge in [0.1, 0.15) is 23.3 Å². The van der Waals surface area contributed by atoms with Gasteiger partial charge in [-0.25, -0.2) is 9.07 Å². The number of fused-ring (bicyclic) bond motifs is 2. The molecule has 0 amide bonds. The number of alkyl halides is 3. The number of nitrogens with zero attached hydrogens (tertiary/aromatic N) is 5. The van der Waals surface area contributed by atoms with E-state index in [0.29, 0.717) is 45.4 Å². The van der Waals surface area contributed by atoms with Crippen molar-refractivity contribution in [1.29, 1.82) is 5.26 Å². The molecule has 3 aromatic heterocycles. The molecule has 0 spiro atoms. The summed E-state index contributed by atoms with van der Waals surface area (Å²) in [5.41, 5.74) is 9.08. The zero-order valence-corrected chi connectivity index (χ0v) is 20.8. The number of hydrogen-bond acceptors (Lipinski definition) is 5. The number of nitrogens with two attached hydrogens (primary N) is 1. The fourth-order valence-electron chi connectivity index (χ4n) is 5.61. The van der Waals surface area contributed by atoms with Crippen molar-refractivity contribution in [3.63, 3.8) is 0 Å². The second-order valence-corrected chi connectivity index (χ2v) is 10.2. The van der Waals surface area contributed by atoms with Crippen molar-refractivity contribution < 1.29 is 22.3 Å². The number of aromatic nitrogens is 4. The van der Waals surface area contributed by atoms with Gasteiger partial charge < -0.3 is 10.5 Å². The molecule has 6 rings (SSSR count). The lowest BCUT2D eigenvalue weighted by Crippen LogP contribution is -2.19. The van der Waals surface area contributed by atoms with Gasteiger partial charge in [-0.2, -0.15) is 23.5 Å². The fourth-order valence-corrected chi connectivity index (χ4v) is 5.61. The van der Waals surface area contributed by atoms with E-state index in [1.54, 1.807) is 22.4 Å². The second kappa shape index (κ2) is 8.98. The Morgan fingerprint density at radius 2 is 1.97 bits per heavy atom. The number of rotatable bonds is 5. The molecule has 1 aliphatic heterocycles. The van der Waals surface area contributed by atoms with Gasteiger partial charge in [-0.15, -0.1) is 0 Å². The molecular weight excluding hydrogens is 500 g/mol. The first kappa shape index (κ1) is 24.7. The van der Waals surface area contributed by atoms with Crippen molar-refractivity contribution in [2.45, 2.75) is 70.2 Å². The van der Waals surface area contributed by atoms with E-state index in [9.17, 15) is 18.4 Å². The summed E-state index contributed by atoms with van der Waals surface area (Å²) in [6, 6.07) is 3.49. The number of ether oxygens (including phenoxy) is 1. The molecule has 11 heteroatoms. The average Bonchev–Trinajstić information content (AvgIpc) is 3.59. The zero-order chi connectivity index (χ0) is 26.8. The smallest absolute Gasteiger partial charge is 0.384 e. The number of pyridine rings is 1. The van der Waals surface area contributed by atoms with E-state index in [1.165, 1.54) is 12.3 Å². The van der Waals surface area contributed by atoms with Gasteiger partial charge in [0, 0.05) is 53.2 Å². The van der Waals surface area contributed by atoms with E-state index in [-0.39, 0.29) is 35.5 Å². The normalized spacial score (nSPS) is 18.4. The fraction of sp³-hybridized carbons (Fsp3) is 0.444. The first-order valence-corrected chi connectivity index (χ1v) is 12.8. The topological polar surface area (TPSA) is 94.7 Å². The Morgan fingerprint density at radius 3 is 2.63 bits per heavy atom. The molecular formula is C27H26F4N6O. The van der Waals surface area contributed by atoms with Crippen LogP contribution in [0.3, 0.4) is 0 Å². The van der Waals surface area contributed by atoms with Crippen LogP contribution in [0.1, 0.15) is 73.1 Å². The molecule has 1 saturated carbocycles. The number of anilines is 1. The quantitative estimate of drug-likeness (QED) is 0.306. The Hall–Kier alpha value is -3.65. The third-order valence-electron chi connectivity index (χ3n) is 7.63. The van der Waals surface area contributed by atoms with Crippen molar-refractivity contribution in [3.8, 4) is 11.8 Å². The van der Waals surface area contributed by atoms with Crippen molar-refractivity contribution in [1.82, 2.24) is 19.3 Å². The molecule has 38 heavy (non-hydrogen) atoms. The molecule has 1 aliphatic carbocycles. The lowest BCUT2D eigenvalue weighted by molar-refractivity contribution is -0.133. The number of benzene rings is 1. The summed E-state index contributed by atoms with van der Waals surface area (Å²) in [7, 11) is 0. The number of nitrogen functional groups attached to an aromatic ring is 1. The van der Waals surface area contributed by atoms with Crippen LogP contribution < -0.4 is 5.73 Å². The molecule has 4 aromatic rings. The van der Waals surface area contributed by atoms with Crippen LogP contribution in [0, 0.1) is 24.1 Å². The highest BCUT2D eigenvalue weighted by atomic mass is 19.4. The van der Waals surface area contributed by atoms with Gasteiger partial charge in [-0.05, 0) is 51.0 Å². The molecule has 198 valence electrons. The van der Waals surface area contributed by atoms with Gasteiger partial charge >= 0.3 is 6.18 Å². The largest absolute Gasteiger partial charge is 0.389 e. The Bertz CT molecular complexity index is 1600. The van der Waals surface area contributed by atoms with Crippen LogP contribution in [0.5, 0.6) is 0 Å². The van der Waals surface area contributed by atoms with E-state index in [2.05, 4.69) is 16.2 Å². The van der Waals surface area contributed by atoms with E-state index in [0.717, 1.165) is 32.1 Å². The molecule has 2 fully saturated rings. The molecule has 1 saturated heterocycles.